The molecule has 1 aliphatic heterocycles. The number of rotatable bonds is 8. The number of anilines is 3. The summed E-state index contributed by atoms with van der Waals surface area (Å²) in [7, 11) is 0. The number of amidine groups is 1. The molecule has 3 unspecified atom stereocenters. The Bertz CT molecular complexity index is 2490. The van der Waals surface area contributed by atoms with E-state index in [2.05, 4.69) is 155 Å². The molecule has 3 nitrogen and oxygen atoms in total. The highest BCUT2D eigenvalue weighted by atomic mass is 15.2. The average Bonchev–Trinajstić information content (AvgIpc) is 3.27. The van der Waals surface area contributed by atoms with Crippen molar-refractivity contribution in [1.82, 2.24) is 0 Å². The minimum atomic E-state index is -0.0185. The Morgan fingerprint density at radius 3 is 1.82 bits per heavy atom. The van der Waals surface area contributed by atoms with E-state index in [1.54, 1.807) is 0 Å². The van der Waals surface area contributed by atoms with Crippen LogP contribution >= 0.6 is 0 Å². The molecule has 10 rings (SSSR count). The molecule has 3 saturated carbocycles. The molecule has 60 heavy (non-hydrogen) atoms. The third-order valence-electron chi connectivity index (χ3n) is 14.1. The molecule has 6 aromatic carbocycles. The van der Waals surface area contributed by atoms with Gasteiger partial charge in [0.2, 0.25) is 0 Å². The van der Waals surface area contributed by atoms with Gasteiger partial charge in [-0.15, -0.1) is 0 Å². The van der Waals surface area contributed by atoms with Gasteiger partial charge in [-0.2, -0.15) is 0 Å². The molecule has 0 amide bonds. The molecule has 1 spiro atoms. The van der Waals surface area contributed by atoms with Crippen molar-refractivity contribution in [3.05, 3.63) is 192 Å². The summed E-state index contributed by atoms with van der Waals surface area (Å²) in [5.74, 6) is 4.98. The fourth-order valence-corrected chi connectivity index (χ4v) is 11.5. The second-order valence-corrected chi connectivity index (χ2v) is 18.5. The highest BCUT2D eigenvalue weighted by Crippen LogP contribution is 2.63. The molecule has 2 bridgehead atoms. The Hall–Kier alpha value is -5.80. The van der Waals surface area contributed by atoms with Crippen LogP contribution in [0, 0.1) is 35.5 Å². The molecule has 6 aromatic rings. The van der Waals surface area contributed by atoms with E-state index in [4.69, 9.17) is 9.98 Å². The summed E-state index contributed by atoms with van der Waals surface area (Å²) in [5.41, 5.74) is 13.8. The summed E-state index contributed by atoms with van der Waals surface area (Å²) in [6, 6.07) is 57.1. The lowest BCUT2D eigenvalue weighted by molar-refractivity contribution is 0.0310. The van der Waals surface area contributed by atoms with E-state index < -0.39 is 0 Å². The molecule has 0 radical (unpaired) electrons. The van der Waals surface area contributed by atoms with Crippen LogP contribution in [-0.2, 0) is 5.41 Å². The molecule has 3 heteroatoms. The molecule has 1 heterocycles. The highest BCUT2D eigenvalue weighted by Gasteiger charge is 2.53. The smallest absolute Gasteiger partial charge is 0.160 e. The summed E-state index contributed by atoms with van der Waals surface area (Å²) in [6.07, 6.45) is 6.51. The van der Waals surface area contributed by atoms with Gasteiger partial charge in [0.15, 0.2) is 5.84 Å². The van der Waals surface area contributed by atoms with Crippen LogP contribution < -0.4 is 4.90 Å². The third-order valence-corrected chi connectivity index (χ3v) is 14.1. The molecule has 302 valence electrons. The van der Waals surface area contributed by atoms with Gasteiger partial charge in [-0.05, 0) is 138 Å². The Morgan fingerprint density at radius 1 is 0.633 bits per heavy atom. The van der Waals surface area contributed by atoms with Gasteiger partial charge in [0.1, 0.15) is 0 Å². The minimum absolute atomic E-state index is 0.0185. The van der Waals surface area contributed by atoms with Gasteiger partial charge in [-0.1, -0.05) is 162 Å². The zero-order chi connectivity index (χ0) is 41.4. The standard InChI is InChI=1S/C57H59N3/c1-38(2)31-49-36-51-39(3)32-43(33-40(51)4)37-57(49)52-27-13-15-29-54(52)60(55-30-16-14-28-53(55)57)50-26-18-25-48(35-50)47-24-17-23-46(34-47)42(6)59-56(45-21-11-8-12-22-45)58-41(5)44-19-9-7-10-20-44/h7-30,34-35,38-40,43,49,51H,5,31-33,36-37H2,1-4,6H3. The minimum Gasteiger partial charge on any atom is -0.310 e. The first kappa shape index (κ1) is 39.6. The number of fused-ring (bicyclic) bond motifs is 5. The lowest BCUT2D eigenvalue weighted by Crippen LogP contribution is -2.49. The molecular formula is C57H59N3. The van der Waals surface area contributed by atoms with E-state index in [0.717, 1.165) is 51.6 Å². The maximum Gasteiger partial charge on any atom is 0.160 e. The number of para-hydroxylation sites is 2. The van der Waals surface area contributed by atoms with Crippen LogP contribution in [0.4, 0.5) is 17.1 Å². The summed E-state index contributed by atoms with van der Waals surface area (Å²) < 4.78 is 0. The lowest BCUT2D eigenvalue weighted by Gasteiger charge is -2.56. The van der Waals surface area contributed by atoms with Gasteiger partial charge >= 0.3 is 0 Å². The van der Waals surface area contributed by atoms with E-state index >= 15 is 0 Å². The van der Waals surface area contributed by atoms with Crippen molar-refractivity contribution >= 4 is 34.3 Å². The van der Waals surface area contributed by atoms with Crippen molar-refractivity contribution in [2.75, 3.05) is 4.90 Å². The largest absolute Gasteiger partial charge is 0.310 e. The van der Waals surface area contributed by atoms with Crippen LogP contribution in [0.15, 0.2) is 174 Å². The van der Waals surface area contributed by atoms with Crippen molar-refractivity contribution in [3.8, 4) is 11.1 Å². The molecule has 0 aromatic heterocycles. The SMILES string of the molecule is C=C(N=C(N=C(C)c1cccc(-c2cccc(N3c4ccccc4C4(CC5CC(C)C(CC4CC(C)C)C(C)C5)c4ccccc43)c2)c1)c1ccccc1)c1ccccc1. The number of hydrogen-bond donors (Lipinski definition) is 0. The molecular weight excluding hydrogens is 727 g/mol. The maximum absolute atomic E-state index is 5.16. The van der Waals surface area contributed by atoms with Crippen molar-refractivity contribution < 1.29 is 0 Å². The quantitative estimate of drug-likeness (QED) is 0.112. The predicted molar refractivity (Wildman–Crippen MR) is 255 cm³/mol. The third kappa shape index (κ3) is 7.49. The molecule has 0 N–H and O–H groups in total. The molecule has 0 saturated heterocycles. The Balaban J connectivity index is 1.11. The first-order valence-electron chi connectivity index (χ1n) is 22.3. The van der Waals surface area contributed by atoms with Crippen molar-refractivity contribution in [3.63, 3.8) is 0 Å². The molecule has 3 aliphatic carbocycles. The summed E-state index contributed by atoms with van der Waals surface area (Å²) in [4.78, 5) is 12.7. The number of aliphatic imine (C=N–C) groups is 2. The van der Waals surface area contributed by atoms with E-state index in [-0.39, 0.29) is 5.41 Å². The zero-order valence-corrected chi connectivity index (χ0v) is 36.1. The fraction of sp³-hybridized carbons (Fsp3) is 0.298. The van der Waals surface area contributed by atoms with Gasteiger partial charge in [0.05, 0.1) is 17.1 Å². The van der Waals surface area contributed by atoms with E-state index in [1.165, 1.54) is 65.9 Å². The van der Waals surface area contributed by atoms with Gasteiger partial charge in [-0.25, -0.2) is 9.98 Å². The number of nitrogens with zero attached hydrogens (tertiary/aromatic N) is 3. The van der Waals surface area contributed by atoms with E-state index in [1.807, 2.05) is 48.5 Å². The summed E-state index contributed by atoms with van der Waals surface area (Å²) in [5, 5.41) is 0. The van der Waals surface area contributed by atoms with Crippen LogP contribution in [0.25, 0.3) is 16.8 Å². The van der Waals surface area contributed by atoms with E-state index in [9.17, 15) is 0 Å². The maximum atomic E-state index is 5.16. The Labute approximate surface area is 358 Å². The van der Waals surface area contributed by atoms with Crippen LogP contribution in [0.3, 0.4) is 0 Å². The second kappa shape index (κ2) is 16.7. The summed E-state index contributed by atoms with van der Waals surface area (Å²) in [6.45, 7) is 16.4. The topological polar surface area (TPSA) is 28.0 Å². The molecule has 3 fully saturated rings. The number of hydrogen-bond acceptors (Lipinski definition) is 2. The van der Waals surface area contributed by atoms with Gasteiger partial charge in [0.25, 0.3) is 0 Å². The van der Waals surface area contributed by atoms with Crippen molar-refractivity contribution in [2.24, 2.45) is 45.5 Å². The van der Waals surface area contributed by atoms with Crippen LogP contribution in [0.2, 0.25) is 0 Å². The van der Waals surface area contributed by atoms with Crippen molar-refractivity contribution in [2.45, 2.75) is 72.1 Å². The zero-order valence-electron chi connectivity index (χ0n) is 36.1. The average molecular weight is 786 g/mol. The van der Waals surface area contributed by atoms with Gasteiger partial charge in [-0.3, -0.25) is 0 Å². The first-order chi connectivity index (χ1) is 29.2. The normalized spacial score (nSPS) is 22.2. The predicted octanol–water partition coefficient (Wildman–Crippen LogP) is 15.1. The van der Waals surface area contributed by atoms with E-state index in [0.29, 0.717) is 23.4 Å². The van der Waals surface area contributed by atoms with Gasteiger partial charge in [0, 0.05) is 22.4 Å². The summed E-state index contributed by atoms with van der Waals surface area (Å²) >= 11 is 0. The highest BCUT2D eigenvalue weighted by molar-refractivity contribution is 6.13. The van der Waals surface area contributed by atoms with Gasteiger partial charge < -0.3 is 4.90 Å². The Morgan fingerprint density at radius 2 is 1.18 bits per heavy atom. The van der Waals surface area contributed by atoms with Crippen LogP contribution in [-0.4, -0.2) is 11.5 Å². The van der Waals surface area contributed by atoms with Crippen LogP contribution in [0.5, 0.6) is 0 Å². The first-order valence-corrected chi connectivity index (χ1v) is 22.3. The molecule has 4 aliphatic rings. The molecule has 3 atom stereocenters. The monoisotopic (exact) mass is 785 g/mol. The van der Waals surface area contributed by atoms with Crippen molar-refractivity contribution in [1.29, 1.82) is 0 Å². The second-order valence-electron chi connectivity index (χ2n) is 18.5. The lowest BCUT2D eigenvalue weighted by atomic mass is 9.50. The fourth-order valence-electron chi connectivity index (χ4n) is 11.5. The van der Waals surface area contributed by atoms with Crippen LogP contribution in [0.1, 0.15) is 94.5 Å². The Kier molecular flexibility index (Phi) is 11.0. The number of benzene rings is 6.